The van der Waals surface area contributed by atoms with Gasteiger partial charge in [-0.2, -0.15) is 0 Å². The number of hydrogen-bond donors (Lipinski definition) is 0. The topological polar surface area (TPSA) is 41.4 Å². The highest BCUT2D eigenvalue weighted by Crippen LogP contribution is 2.29. The number of hydrogen-bond acceptors (Lipinski definition) is 3. The predicted octanol–water partition coefficient (Wildman–Crippen LogP) is 1.74. The molecular weight excluding hydrogens is 276 g/mol. The first-order chi connectivity index (χ1) is 10.8. The predicted molar refractivity (Wildman–Crippen MR) is 84.1 cm³/mol. The Hall–Kier alpha value is -1.36. The molecule has 4 rings (SSSR count). The van der Waals surface area contributed by atoms with Crippen LogP contribution in [-0.2, 0) is 17.9 Å². The number of carbonyl (C=O) groups excluding carboxylic acids is 1. The van der Waals surface area contributed by atoms with E-state index in [0.717, 1.165) is 51.5 Å². The van der Waals surface area contributed by atoms with Gasteiger partial charge in [0, 0.05) is 57.5 Å². The summed E-state index contributed by atoms with van der Waals surface area (Å²) in [5.41, 5.74) is 0. The Kier molecular flexibility index (Phi) is 3.90. The minimum Gasteiger partial charge on any atom is -0.342 e. The molecule has 2 fully saturated rings. The molecule has 1 amide bonds. The molecule has 1 saturated carbocycles. The molecule has 1 aromatic rings. The van der Waals surface area contributed by atoms with E-state index in [4.69, 9.17) is 0 Å². The molecule has 1 saturated heterocycles. The maximum Gasteiger partial charge on any atom is 0.222 e. The van der Waals surface area contributed by atoms with Gasteiger partial charge in [-0.15, -0.1) is 0 Å². The van der Waals surface area contributed by atoms with Gasteiger partial charge in [-0.25, -0.2) is 4.98 Å². The third-order valence-corrected chi connectivity index (χ3v) is 5.53. The molecule has 3 heterocycles. The molecule has 5 heteroatoms. The van der Waals surface area contributed by atoms with E-state index < -0.39 is 0 Å². The van der Waals surface area contributed by atoms with Crippen LogP contribution in [0.5, 0.6) is 0 Å². The number of amides is 1. The van der Waals surface area contributed by atoms with Crippen LogP contribution in [-0.4, -0.2) is 51.4 Å². The average Bonchev–Trinajstić information content (AvgIpc) is 3.00. The third-order valence-electron chi connectivity index (χ3n) is 5.53. The molecule has 0 spiro atoms. The largest absolute Gasteiger partial charge is 0.342 e. The summed E-state index contributed by atoms with van der Waals surface area (Å²) in [6.45, 7) is 6.14. The smallest absolute Gasteiger partial charge is 0.222 e. The number of fused-ring (bicyclic) bond motifs is 1. The van der Waals surface area contributed by atoms with Crippen LogP contribution < -0.4 is 0 Å². The Morgan fingerprint density at radius 1 is 1.14 bits per heavy atom. The van der Waals surface area contributed by atoms with Crippen LogP contribution in [0.25, 0.3) is 0 Å². The lowest BCUT2D eigenvalue weighted by Gasteiger charge is -2.33. The summed E-state index contributed by atoms with van der Waals surface area (Å²) in [4.78, 5) is 21.1. The maximum absolute atomic E-state index is 11.9. The van der Waals surface area contributed by atoms with Gasteiger partial charge < -0.3 is 9.47 Å². The zero-order valence-electron chi connectivity index (χ0n) is 13.3. The molecule has 0 aromatic carbocycles. The summed E-state index contributed by atoms with van der Waals surface area (Å²) in [5, 5.41) is 0. The summed E-state index contributed by atoms with van der Waals surface area (Å²) in [6, 6.07) is 0. The maximum atomic E-state index is 11.9. The third kappa shape index (κ3) is 2.91. The lowest BCUT2D eigenvalue weighted by Crippen LogP contribution is -2.39. The highest BCUT2D eigenvalue weighted by molar-refractivity contribution is 5.78. The minimum absolute atomic E-state index is 0.348. The molecule has 1 aliphatic carbocycles. The molecule has 0 bridgehead atoms. The second-order valence-electron chi connectivity index (χ2n) is 7.30. The lowest BCUT2D eigenvalue weighted by atomic mass is 9.85. The van der Waals surface area contributed by atoms with Gasteiger partial charge in [0.1, 0.15) is 5.82 Å². The van der Waals surface area contributed by atoms with Crippen molar-refractivity contribution >= 4 is 5.91 Å². The standard InChI is InChI=1S/C17H26N4O/c22-17-5-2-7-21(17)12-15-10-19(9-14-3-1-4-14)13-16-18-6-8-20(16)11-15/h6,8,14-15H,1-5,7,9-13H2. The summed E-state index contributed by atoms with van der Waals surface area (Å²) in [6.07, 6.45) is 9.98. The van der Waals surface area contributed by atoms with Crippen LogP contribution in [0.15, 0.2) is 12.4 Å². The van der Waals surface area contributed by atoms with Crippen LogP contribution in [0.4, 0.5) is 0 Å². The fourth-order valence-electron chi connectivity index (χ4n) is 4.13. The quantitative estimate of drug-likeness (QED) is 0.851. The molecule has 120 valence electrons. The van der Waals surface area contributed by atoms with Crippen molar-refractivity contribution in [2.24, 2.45) is 11.8 Å². The molecule has 1 aromatic heterocycles. The molecule has 22 heavy (non-hydrogen) atoms. The monoisotopic (exact) mass is 302 g/mol. The number of aromatic nitrogens is 2. The molecule has 2 aliphatic heterocycles. The average molecular weight is 302 g/mol. The van der Waals surface area contributed by atoms with Crippen LogP contribution in [0.2, 0.25) is 0 Å². The molecule has 1 unspecified atom stereocenters. The highest BCUT2D eigenvalue weighted by Gasteiger charge is 2.29. The van der Waals surface area contributed by atoms with Crippen LogP contribution in [0.1, 0.15) is 37.9 Å². The zero-order chi connectivity index (χ0) is 14.9. The molecule has 0 N–H and O–H groups in total. The van der Waals surface area contributed by atoms with E-state index in [2.05, 4.69) is 25.5 Å². The van der Waals surface area contributed by atoms with Crippen molar-refractivity contribution in [2.45, 2.75) is 45.2 Å². The Morgan fingerprint density at radius 3 is 2.77 bits per heavy atom. The number of rotatable bonds is 4. The fraction of sp³-hybridized carbons (Fsp3) is 0.765. The van der Waals surface area contributed by atoms with Gasteiger partial charge in [0.15, 0.2) is 0 Å². The first-order valence-electron chi connectivity index (χ1n) is 8.78. The van der Waals surface area contributed by atoms with E-state index in [1.807, 2.05) is 6.20 Å². The van der Waals surface area contributed by atoms with Crippen LogP contribution in [0, 0.1) is 11.8 Å². The summed E-state index contributed by atoms with van der Waals surface area (Å²) in [7, 11) is 0. The van der Waals surface area contributed by atoms with E-state index in [0.29, 0.717) is 11.8 Å². The molecule has 1 atom stereocenters. The Balaban J connectivity index is 1.46. The highest BCUT2D eigenvalue weighted by atomic mass is 16.2. The van der Waals surface area contributed by atoms with Crippen molar-refractivity contribution in [1.29, 1.82) is 0 Å². The van der Waals surface area contributed by atoms with Gasteiger partial charge in [-0.05, 0) is 25.2 Å². The first-order valence-corrected chi connectivity index (χ1v) is 8.78. The van der Waals surface area contributed by atoms with Gasteiger partial charge in [0.2, 0.25) is 5.91 Å². The van der Waals surface area contributed by atoms with E-state index in [1.54, 1.807) is 0 Å². The van der Waals surface area contributed by atoms with Crippen molar-refractivity contribution in [2.75, 3.05) is 26.2 Å². The number of carbonyl (C=O) groups is 1. The Labute approximate surface area is 132 Å². The van der Waals surface area contributed by atoms with E-state index >= 15 is 0 Å². The van der Waals surface area contributed by atoms with E-state index in [-0.39, 0.29) is 0 Å². The van der Waals surface area contributed by atoms with E-state index in [9.17, 15) is 4.79 Å². The number of imidazole rings is 1. The van der Waals surface area contributed by atoms with Gasteiger partial charge >= 0.3 is 0 Å². The van der Waals surface area contributed by atoms with Crippen molar-refractivity contribution in [1.82, 2.24) is 19.4 Å². The first kappa shape index (κ1) is 14.2. The van der Waals surface area contributed by atoms with Crippen LogP contribution in [0.3, 0.4) is 0 Å². The van der Waals surface area contributed by atoms with Crippen molar-refractivity contribution in [3.8, 4) is 0 Å². The number of likely N-dealkylation sites (tertiary alicyclic amines) is 1. The second-order valence-corrected chi connectivity index (χ2v) is 7.30. The SMILES string of the molecule is O=C1CCCN1CC1CN(CC2CCC2)Cc2nccn2C1. The normalized spacial score (nSPS) is 26.8. The van der Waals surface area contributed by atoms with Crippen molar-refractivity contribution in [3.63, 3.8) is 0 Å². The Bertz CT molecular complexity index is 537. The zero-order valence-corrected chi connectivity index (χ0v) is 13.3. The van der Waals surface area contributed by atoms with Crippen molar-refractivity contribution < 1.29 is 4.79 Å². The minimum atomic E-state index is 0.348. The number of nitrogens with zero attached hydrogens (tertiary/aromatic N) is 4. The Morgan fingerprint density at radius 2 is 2.05 bits per heavy atom. The summed E-state index contributed by atoms with van der Waals surface area (Å²) in [5.74, 6) is 2.95. The molecule has 0 radical (unpaired) electrons. The molecule has 3 aliphatic rings. The second kappa shape index (κ2) is 6.03. The molecular formula is C17H26N4O. The molecule has 5 nitrogen and oxygen atoms in total. The van der Waals surface area contributed by atoms with E-state index in [1.165, 1.54) is 31.6 Å². The fourth-order valence-corrected chi connectivity index (χ4v) is 4.13. The van der Waals surface area contributed by atoms with Gasteiger partial charge in [-0.3, -0.25) is 9.69 Å². The van der Waals surface area contributed by atoms with Gasteiger partial charge in [0.25, 0.3) is 0 Å². The van der Waals surface area contributed by atoms with Gasteiger partial charge in [-0.1, -0.05) is 6.42 Å². The van der Waals surface area contributed by atoms with Crippen LogP contribution >= 0.6 is 0 Å². The van der Waals surface area contributed by atoms with Crippen molar-refractivity contribution in [3.05, 3.63) is 18.2 Å². The van der Waals surface area contributed by atoms with Gasteiger partial charge in [0.05, 0.1) is 6.54 Å². The lowest BCUT2D eigenvalue weighted by molar-refractivity contribution is -0.128. The summed E-state index contributed by atoms with van der Waals surface area (Å²) >= 11 is 0. The summed E-state index contributed by atoms with van der Waals surface area (Å²) < 4.78 is 2.30.